The molecule has 0 fully saturated rings. The van der Waals surface area contributed by atoms with E-state index in [4.69, 9.17) is 16.3 Å². The number of rotatable bonds is 10. The monoisotopic (exact) mass is 283 g/mol. The van der Waals surface area contributed by atoms with Crippen LogP contribution < -0.4 is 10.1 Å². The molecule has 1 aromatic carbocycles. The highest BCUT2D eigenvalue weighted by Gasteiger charge is 2.03. The SMILES string of the molecule is CCCNCCCCCCc1cc(Cl)ccc1OC. The molecule has 0 aromatic heterocycles. The summed E-state index contributed by atoms with van der Waals surface area (Å²) in [5.74, 6) is 0.953. The van der Waals surface area contributed by atoms with E-state index in [0.29, 0.717) is 0 Å². The molecule has 0 aliphatic heterocycles. The van der Waals surface area contributed by atoms with E-state index in [2.05, 4.69) is 12.2 Å². The van der Waals surface area contributed by atoms with Crippen LogP contribution in [0.3, 0.4) is 0 Å². The second-order valence-corrected chi connectivity index (χ2v) is 5.31. The fourth-order valence-corrected chi connectivity index (χ4v) is 2.36. The highest BCUT2D eigenvalue weighted by Crippen LogP contribution is 2.24. The highest BCUT2D eigenvalue weighted by molar-refractivity contribution is 6.30. The van der Waals surface area contributed by atoms with Gasteiger partial charge in [-0.05, 0) is 62.5 Å². The average Bonchev–Trinajstić information content (AvgIpc) is 2.42. The Morgan fingerprint density at radius 1 is 1.11 bits per heavy atom. The van der Waals surface area contributed by atoms with E-state index < -0.39 is 0 Å². The molecule has 0 atom stereocenters. The summed E-state index contributed by atoms with van der Waals surface area (Å²) in [7, 11) is 1.71. The predicted octanol–water partition coefficient (Wildman–Crippen LogP) is 4.45. The lowest BCUT2D eigenvalue weighted by atomic mass is 10.1. The van der Waals surface area contributed by atoms with Crippen molar-refractivity contribution >= 4 is 11.6 Å². The lowest BCUT2D eigenvalue weighted by Gasteiger charge is -2.09. The van der Waals surface area contributed by atoms with Gasteiger partial charge in [-0.15, -0.1) is 0 Å². The van der Waals surface area contributed by atoms with Gasteiger partial charge in [-0.25, -0.2) is 0 Å². The Balaban J connectivity index is 2.17. The molecule has 0 heterocycles. The lowest BCUT2D eigenvalue weighted by Crippen LogP contribution is -2.15. The first-order valence-electron chi connectivity index (χ1n) is 7.31. The van der Waals surface area contributed by atoms with Crippen molar-refractivity contribution in [1.29, 1.82) is 0 Å². The Labute approximate surface area is 122 Å². The van der Waals surface area contributed by atoms with Crippen molar-refractivity contribution in [2.24, 2.45) is 0 Å². The summed E-state index contributed by atoms with van der Waals surface area (Å²) >= 11 is 6.02. The van der Waals surface area contributed by atoms with Gasteiger partial charge in [-0.2, -0.15) is 0 Å². The Bertz CT molecular complexity index is 355. The summed E-state index contributed by atoms with van der Waals surface area (Å²) in [6.07, 6.45) is 7.29. The van der Waals surface area contributed by atoms with Crippen LogP contribution in [0.1, 0.15) is 44.6 Å². The molecule has 0 amide bonds. The maximum absolute atomic E-state index is 6.02. The third kappa shape index (κ3) is 6.84. The summed E-state index contributed by atoms with van der Waals surface area (Å²) in [6.45, 7) is 4.49. The molecular formula is C16H26ClNO. The van der Waals surface area contributed by atoms with Gasteiger partial charge in [0.2, 0.25) is 0 Å². The van der Waals surface area contributed by atoms with E-state index >= 15 is 0 Å². The fourth-order valence-electron chi connectivity index (χ4n) is 2.16. The highest BCUT2D eigenvalue weighted by atomic mass is 35.5. The smallest absolute Gasteiger partial charge is 0.122 e. The Morgan fingerprint density at radius 3 is 2.63 bits per heavy atom. The predicted molar refractivity (Wildman–Crippen MR) is 83.3 cm³/mol. The summed E-state index contributed by atoms with van der Waals surface area (Å²) in [5, 5.41) is 4.22. The van der Waals surface area contributed by atoms with Crippen LogP contribution in [0.4, 0.5) is 0 Å². The maximum atomic E-state index is 6.02. The average molecular weight is 284 g/mol. The van der Waals surface area contributed by atoms with Gasteiger partial charge in [0.05, 0.1) is 7.11 Å². The van der Waals surface area contributed by atoms with E-state index in [1.54, 1.807) is 7.11 Å². The largest absolute Gasteiger partial charge is 0.496 e. The number of hydrogen-bond donors (Lipinski definition) is 1. The summed E-state index contributed by atoms with van der Waals surface area (Å²) < 4.78 is 5.35. The van der Waals surface area contributed by atoms with Crippen LogP contribution in [0.5, 0.6) is 5.75 Å². The minimum Gasteiger partial charge on any atom is -0.496 e. The second kappa shape index (κ2) is 10.1. The van der Waals surface area contributed by atoms with Gasteiger partial charge in [0.25, 0.3) is 0 Å². The second-order valence-electron chi connectivity index (χ2n) is 4.87. The molecule has 0 saturated heterocycles. The molecule has 0 aliphatic carbocycles. The third-order valence-corrected chi connectivity index (χ3v) is 3.45. The number of aryl methyl sites for hydroxylation is 1. The van der Waals surface area contributed by atoms with Crippen LogP contribution >= 0.6 is 11.6 Å². The van der Waals surface area contributed by atoms with Crippen molar-refractivity contribution in [3.8, 4) is 5.75 Å². The van der Waals surface area contributed by atoms with Crippen LogP contribution in [0, 0.1) is 0 Å². The number of nitrogens with one attached hydrogen (secondary N) is 1. The van der Waals surface area contributed by atoms with Crippen molar-refractivity contribution in [2.45, 2.75) is 45.4 Å². The van der Waals surface area contributed by atoms with E-state index in [1.807, 2.05) is 18.2 Å². The first-order valence-corrected chi connectivity index (χ1v) is 7.69. The summed E-state index contributed by atoms with van der Waals surface area (Å²) in [4.78, 5) is 0. The van der Waals surface area contributed by atoms with Gasteiger partial charge in [0.1, 0.15) is 5.75 Å². The Kier molecular flexibility index (Phi) is 8.68. The Hall–Kier alpha value is -0.730. The zero-order chi connectivity index (χ0) is 13.9. The number of hydrogen-bond acceptors (Lipinski definition) is 2. The molecular weight excluding hydrogens is 258 g/mol. The molecule has 3 heteroatoms. The Morgan fingerprint density at radius 2 is 1.89 bits per heavy atom. The van der Waals surface area contributed by atoms with Crippen molar-refractivity contribution in [3.63, 3.8) is 0 Å². The topological polar surface area (TPSA) is 21.3 Å². The zero-order valence-corrected chi connectivity index (χ0v) is 12.9. The minimum absolute atomic E-state index is 0.791. The number of ether oxygens (including phenoxy) is 1. The van der Waals surface area contributed by atoms with Crippen LogP contribution in [0.25, 0.3) is 0 Å². The fraction of sp³-hybridized carbons (Fsp3) is 0.625. The van der Waals surface area contributed by atoms with Crippen molar-refractivity contribution in [2.75, 3.05) is 20.2 Å². The zero-order valence-electron chi connectivity index (χ0n) is 12.2. The molecule has 108 valence electrons. The van der Waals surface area contributed by atoms with Crippen molar-refractivity contribution in [3.05, 3.63) is 28.8 Å². The molecule has 1 rings (SSSR count). The standard InChI is InChI=1S/C16H26ClNO/c1-3-11-18-12-7-5-4-6-8-14-13-15(17)9-10-16(14)19-2/h9-10,13,18H,3-8,11-12H2,1-2H3. The summed E-state index contributed by atoms with van der Waals surface area (Å²) in [5.41, 5.74) is 1.22. The van der Waals surface area contributed by atoms with E-state index in [0.717, 1.165) is 30.3 Å². The summed E-state index contributed by atoms with van der Waals surface area (Å²) in [6, 6.07) is 5.85. The molecule has 0 bridgehead atoms. The van der Waals surface area contributed by atoms with Crippen LogP contribution in [0.2, 0.25) is 5.02 Å². The van der Waals surface area contributed by atoms with Crippen molar-refractivity contribution < 1.29 is 4.74 Å². The van der Waals surface area contributed by atoms with E-state index in [-0.39, 0.29) is 0 Å². The molecule has 19 heavy (non-hydrogen) atoms. The van der Waals surface area contributed by atoms with Crippen molar-refractivity contribution in [1.82, 2.24) is 5.32 Å². The molecule has 0 radical (unpaired) electrons. The van der Waals surface area contributed by atoms with Crippen LogP contribution in [0.15, 0.2) is 18.2 Å². The molecule has 0 aliphatic rings. The molecule has 0 saturated carbocycles. The third-order valence-electron chi connectivity index (χ3n) is 3.22. The normalized spacial score (nSPS) is 10.7. The molecule has 0 spiro atoms. The van der Waals surface area contributed by atoms with Gasteiger partial charge in [-0.3, -0.25) is 0 Å². The minimum atomic E-state index is 0.791. The lowest BCUT2D eigenvalue weighted by molar-refractivity contribution is 0.408. The van der Waals surface area contributed by atoms with Gasteiger partial charge in [-0.1, -0.05) is 31.4 Å². The maximum Gasteiger partial charge on any atom is 0.122 e. The molecule has 1 N–H and O–H groups in total. The van der Waals surface area contributed by atoms with E-state index in [1.165, 1.54) is 37.7 Å². The number of methoxy groups -OCH3 is 1. The quantitative estimate of drug-likeness (QED) is 0.641. The first kappa shape index (κ1) is 16.3. The van der Waals surface area contributed by atoms with Gasteiger partial charge < -0.3 is 10.1 Å². The van der Waals surface area contributed by atoms with Gasteiger partial charge >= 0.3 is 0 Å². The van der Waals surface area contributed by atoms with Crippen LogP contribution in [-0.2, 0) is 6.42 Å². The number of unbranched alkanes of at least 4 members (excludes halogenated alkanes) is 3. The van der Waals surface area contributed by atoms with Gasteiger partial charge in [0, 0.05) is 5.02 Å². The van der Waals surface area contributed by atoms with E-state index in [9.17, 15) is 0 Å². The molecule has 0 unspecified atom stereocenters. The van der Waals surface area contributed by atoms with Gasteiger partial charge in [0.15, 0.2) is 0 Å². The number of halogens is 1. The first-order chi connectivity index (χ1) is 9.27. The van der Waals surface area contributed by atoms with Crippen LogP contribution in [-0.4, -0.2) is 20.2 Å². The number of benzene rings is 1. The molecule has 2 nitrogen and oxygen atoms in total. The molecule has 1 aromatic rings.